The lowest BCUT2D eigenvalue weighted by molar-refractivity contribution is 0.588. The van der Waals surface area contributed by atoms with Crippen molar-refractivity contribution in [2.45, 2.75) is 62.2 Å². The van der Waals surface area contributed by atoms with E-state index < -0.39 is 0 Å². The summed E-state index contributed by atoms with van der Waals surface area (Å²) in [7, 11) is 0. The van der Waals surface area contributed by atoms with Crippen LogP contribution in [0.2, 0.25) is 0 Å². The molecule has 0 saturated carbocycles. The van der Waals surface area contributed by atoms with E-state index in [1.165, 1.54) is 21.9 Å². The molecule has 208 valence electrons. The molecular formula is C37H34N4S. The molecule has 0 atom stereocenters. The minimum absolute atomic E-state index is 0.0100. The summed E-state index contributed by atoms with van der Waals surface area (Å²) in [5, 5.41) is 2.43. The van der Waals surface area contributed by atoms with Crippen LogP contribution in [0.3, 0.4) is 0 Å². The van der Waals surface area contributed by atoms with Crippen LogP contribution < -0.4 is 0 Å². The number of nitrogens with zero attached hydrogens (tertiary/aromatic N) is 4. The van der Waals surface area contributed by atoms with Gasteiger partial charge in [0.25, 0.3) is 0 Å². The molecule has 0 aliphatic heterocycles. The van der Waals surface area contributed by atoms with Crippen LogP contribution in [0.5, 0.6) is 0 Å². The van der Waals surface area contributed by atoms with E-state index >= 15 is 0 Å². The molecule has 3 aromatic heterocycles. The molecule has 0 amide bonds. The van der Waals surface area contributed by atoms with Crippen molar-refractivity contribution in [3.05, 3.63) is 120 Å². The molecule has 5 heteroatoms. The summed E-state index contributed by atoms with van der Waals surface area (Å²) < 4.78 is 2.30. The molecule has 4 nitrogen and oxygen atoms in total. The molecule has 0 spiro atoms. The Labute approximate surface area is 252 Å². The topological polar surface area (TPSA) is 35.1 Å². The van der Waals surface area contributed by atoms with Crippen LogP contribution in [0, 0.1) is 6.57 Å². The van der Waals surface area contributed by atoms with Crippen LogP contribution in [0.25, 0.3) is 43.7 Å². The summed E-state index contributed by atoms with van der Waals surface area (Å²) in [6.45, 7) is 21.2. The van der Waals surface area contributed by atoms with Gasteiger partial charge in [0.1, 0.15) is 5.82 Å². The van der Waals surface area contributed by atoms with E-state index in [0.29, 0.717) is 5.69 Å². The number of pyridine rings is 2. The number of hydrogen-bond donors (Lipinski definition) is 0. The summed E-state index contributed by atoms with van der Waals surface area (Å²) in [4.78, 5) is 15.2. The zero-order chi connectivity index (χ0) is 29.6. The largest absolute Gasteiger partial charge is 0.294 e. The van der Waals surface area contributed by atoms with Gasteiger partial charge in [0, 0.05) is 33.0 Å². The Hall–Kier alpha value is -4.40. The van der Waals surface area contributed by atoms with Gasteiger partial charge in [0.05, 0.1) is 23.3 Å². The fraction of sp³-hybridized carbons (Fsp3) is 0.216. The van der Waals surface area contributed by atoms with Crippen LogP contribution in [0.4, 0.5) is 5.69 Å². The van der Waals surface area contributed by atoms with E-state index in [4.69, 9.17) is 11.6 Å². The maximum Gasteiger partial charge on any atom is 0.189 e. The number of hydrogen-bond acceptors (Lipinski definition) is 3. The molecule has 0 radical (unpaired) electrons. The minimum Gasteiger partial charge on any atom is -0.294 e. The normalized spacial score (nSPS) is 12.1. The first kappa shape index (κ1) is 27.8. The second-order valence-corrected chi connectivity index (χ2v) is 13.9. The zero-order valence-corrected chi connectivity index (χ0v) is 25.8. The van der Waals surface area contributed by atoms with E-state index in [1.54, 1.807) is 18.0 Å². The lowest BCUT2D eigenvalue weighted by Gasteiger charge is -2.20. The molecule has 6 aromatic rings. The van der Waals surface area contributed by atoms with Crippen LogP contribution >= 0.6 is 11.8 Å². The fourth-order valence-corrected chi connectivity index (χ4v) is 6.25. The lowest BCUT2D eigenvalue weighted by Crippen LogP contribution is -2.12. The van der Waals surface area contributed by atoms with Crippen molar-refractivity contribution >= 4 is 39.3 Å². The molecule has 0 aliphatic rings. The molecule has 0 unspecified atom stereocenters. The van der Waals surface area contributed by atoms with Gasteiger partial charge in [-0.3, -0.25) is 9.55 Å². The Kier molecular flexibility index (Phi) is 6.91. The van der Waals surface area contributed by atoms with Crippen molar-refractivity contribution in [1.82, 2.24) is 14.5 Å². The van der Waals surface area contributed by atoms with E-state index in [2.05, 4.69) is 111 Å². The third-order valence-corrected chi connectivity index (χ3v) is 8.62. The van der Waals surface area contributed by atoms with Crippen LogP contribution in [0.1, 0.15) is 52.7 Å². The summed E-state index contributed by atoms with van der Waals surface area (Å²) in [5.41, 5.74) is 7.28. The first-order valence-corrected chi connectivity index (χ1v) is 15.0. The van der Waals surface area contributed by atoms with Gasteiger partial charge in [0.2, 0.25) is 0 Å². The number of benzene rings is 3. The van der Waals surface area contributed by atoms with Gasteiger partial charge in [-0.1, -0.05) is 71.5 Å². The highest BCUT2D eigenvalue weighted by Crippen LogP contribution is 2.40. The van der Waals surface area contributed by atoms with Crippen molar-refractivity contribution in [3.63, 3.8) is 0 Å². The molecule has 0 N–H and O–H groups in total. The smallest absolute Gasteiger partial charge is 0.189 e. The molecule has 42 heavy (non-hydrogen) atoms. The first-order valence-electron chi connectivity index (χ1n) is 14.2. The van der Waals surface area contributed by atoms with Crippen molar-refractivity contribution in [3.8, 4) is 17.1 Å². The Balaban J connectivity index is 1.53. The van der Waals surface area contributed by atoms with Crippen molar-refractivity contribution in [2.75, 3.05) is 0 Å². The molecule has 0 aliphatic carbocycles. The SMILES string of the molecule is [C-]#[N+]c1cc(Sc2ccc3c4cc(C(C)(C)C)ccc4n(-c4cc(C(C)(C)C)ccn4)c3c2)cc(-c2ccccn2)c1. The summed E-state index contributed by atoms with van der Waals surface area (Å²) in [6.07, 6.45) is 3.71. The summed E-state index contributed by atoms with van der Waals surface area (Å²) >= 11 is 1.66. The molecule has 0 bridgehead atoms. The predicted octanol–water partition coefficient (Wildman–Crippen LogP) is 10.5. The van der Waals surface area contributed by atoms with Crippen molar-refractivity contribution in [1.29, 1.82) is 0 Å². The number of fused-ring (bicyclic) bond motifs is 3. The van der Waals surface area contributed by atoms with Gasteiger partial charge in [-0.15, -0.1) is 0 Å². The molecule has 3 heterocycles. The maximum absolute atomic E-state index is 7.68. The molecule has 3 aromatic carbocycles. The average molecular weight is 567 g/mol. The Morgan fingerprint density at radius 1 is 0.667 bits per heavy atom. The summed E-state index contributed by atoms with van der Waals surface area (Å²) in [5.74, 6) is 0.917. The number of rotatable bonds is 4. The van der Waals surface area contributed by atoms with Gasteiger partial charge in [-0.05, 0) is 94.3 Å². The monoisotopic (exact) mass is 566 g/mol. The van der Waals surface area contributed by atoms with E-state index in [9.17, 15) is 0 Å². The fourth-order valence-electron chi connectivity index (χ4n) is 5.31. The average Bonchev–Trinajstić information content (AvgIpc) is 3.29. The Morgan fingerprint density at radius 3 is 2.17 bits per heavy atom. The summed E-state index contributed by atoms with van der Waals surface area (Å²) in [6, 6.07) is 29.7. The van der Waals surface area contributed by atoms with Gasteiger partial charge in [0.15, 0.2) is 5.69 Å². The van der Waals surface area contributed by atoms with Gasteiger partial charge >= 0.3 is 0 Å². The second kappa shape index (κ2) is 10.5. The van der Waals surface area contributed by atoms with Crippen LogP contribution in [0.15, 0.2) is 107 Å². The molecule has 0 saturated heterocycles. The number of aromatic nitrogens is 3. The van der Waals surface area contributed by atoms with E-state index in [-0.39, 0.29) is 10.8 Å². The first-order chi connectivity index (χ1) is 20.0. The zero-order valence-electron chi connectivity index (χ0n) is 24.9. The quantitative estimate of drug-likeness (QED) is 0.199. The predicted molar refractivity (Wildman–Crippen MR) is 176 cm³/mol. The van der Waals surface area contributed by atoms with Crippen LogP contribution in [-0.4, -0.2) is 14.5 Å². The van der Waals surface area contributed by atoms with Crippen LogP contribution in [-0.2, 0) is 10.8 Å². The highest BCUT2D eigenvalue weighted by molar-refractivity contribution is 7.99. The third-order valence-electron chi connectivity index (χ3n) is 7.66. The Morgan fingerprint density at radius 2 is 1.45 bits per heavy atom. The van der Waals surface area contributed by atoms with Crippen molar-refractivity contribution < 1.29 is 0 Å². The minimum atomic E-state index is 0.0100. The van der Waals surface area contributed by atoms with Crippen molar-refractivity contribution in [2.24, 2.45) is 0 Å². The third kappa shape index (κ3) is 5.31. The van der Waals surface area contributed by atoms with E-state index in [0.717, 1.165) is 37.9 Å². The standard InChI is InChI=1S/C37H34N4S/c1-36(2,3)25-11-14-33-31(20-25)30-13-12-28(23-34(30)41(33)35-21-26(15-17-40-35)37(4,5)6)42-29-19-24(18-27(22-29)38-7)32-10-8-9-16-39-32/h8-23H,1-6H3. The maximum atomic E-state index is 7.68. The highest BCUT2D eigenvalue weighted by Gasteiger charge is 2.21. The van der Waals surface area contributed by atoms with Gasteiger partial charge in [-0.25, -0.2) is 9.83 Å². The highest BCUT2D eigenvalue weighted by atomic mass is 32.2. The van der Waals surface area contributed by atoms with Gasteiger partial charge < -0.3 is 0 Å². The second-order valence-electron chi connectivity index (χ2n) is 12.8. The Bertz CT molecular complexity index is 1980. The lowest BCUT2D eigenvalue weighted by atomic mass is 9.86. The molecule has 0 fully saturated rings. The van der Waals surface area contributed by atoms with E-state index in [1.807, 2.05) is 36.5 Å². The van der Waals surface area contributed by atoms with Gasteiger partial charge in [-0.2, -0.15) is 0 Å². The molecule has 6 rings (SSSR count). The molecular weight excluding hydrogens is 533 g/mol.